The summed E-state index contributed by atoms with van der Waals surface area (Å²) in [6.45, 7) is 0.167. The Bertz CT molecular complexity index is 638. The Balaban J connectivity index is 2.27. The lowest BCUT2D eigenvalue weighted by Crippen LogP contribution is -2.13. The topological polar surface area (TPSA) is 70.9 Å². The smallest absolute Gasteiger partial charge is 0.272 e. The van der Waals surface area contributed by atoms with E-state index >= 15 is 0 Å². The number of nitrogens with one attached hydrogen (secondary N) is 2. The number of benzene rings is 1. The van der Waals surface area contributed by atoms with Crippen LogP contribution >= 0.6 is 0 Å². The van der Waals surface area contributed by atoms with Gasteiger partial charge in [0.1, 0.15) is 11.5 Å². The molecule has 0 aliphatic heterocycles. The third-order valence-corrected chi connectivity index (χ3v) is 2.40. The summed E-state index contributed by atoms with van der Waals surface area (Å²) in [6.07, 6.45) is 1.65. The van der Waals surface area contributed by atoms with Gasteiger partial charge in [-0.1, -0.05) is 11.8 Å². The Labute approximate surface area is 109 Å². The van der Waals surface area contributed by atoms with Gasteiger partial charge in [0.25, 0.3) is 5.91 Å². The van der Waals surface area contributed by atoms with E-state index in [0.29, 0.717) is 16.9 Å². The largest absolute Gasteiger partial charge is 0.357 e. The van der Waals surface area contributed by atoms with Crippen molar-refractivity contribution in [1.82, 2.24) is 4.98 Å². The third kappa shape index (κ3) is 3.21. The summed E-state index contributed by atoms with van der Waals surface area (Å²) in [5.74, 6) is 4.63. The first-order chi connectivity index (χ1) is 9.20. The first kappa shape index (κ1) is 12.9. The molecular formula is C14H12FN3O. The molecule has 96 valence electrons. The van der Waals surface area contributed by atoms with Gasteiger partial charge in [-0.3, -0.25) is 4.79 Å². The molecule has 1 amide bonds. The summed E-state index contributed by atoms with van der Waals surface area (Å²) >= 11 is 0. The highest BCUT2D eigenvalue weighted by molar-refractivity contribution is 6.03. The van der Waals surface area contributed by atoms with E-state index in [2.05, 4.69) is 22.1 Å². The molecule has 0 saturated heterocycles. The zero-order valence-electron chi connectivity index (χ0n) is 10.0. The summed E-state index contributed by atoms with van der Waals surface area (Å²) in [5.41, 5.74) is 6.54. The zero-order chi connectivity index (χ0) is 13.7. The van der Waals surface area contributed by atoms with E-state index in [0.717, 1.165) is 0 Å². The van der Waals surface area contributed by atoms with Crippen LogP contribution in [0.1, 0.15) is 16.1 Å². The maximum atomic E-state index is 13.2. The summed E-state index contributed by atoms with van der Waals surface area (Å²) in [7, 11) is 0. The molecule has 0 atom stereocenters. The summed E-state index contributed by atoms with van der Waals surface area (Å²) in [5, 5.41) is 2.67. The molecule has 2 aromatic rings. The first-order valence-corrected chi connectivity index (χ1v) is 5.64. The van der Waals surface area contributed by atoms with Crippen molar-refractivity contribution < 1.29 is 9.18 Å². The lowest BCUT2D eigenvalue weighted by Gasteiger charge is -2.06. The molecule has 2 rings (SSSR count). The summed E-state index contributed by atoms with van der Waals surface area (Å²) in [4.78, 5) is 14.7. The number of rotatable bonds is 2. The molecule has 0 aliphatic rings. The maximum Gasteiger partial charge on any atom is 0.272 e. The van der Waals surface area contributed by atoms with Crippen LogP contribution in [0, 0.1) is 17.7 Å². The Hall–Kier alpha value is -2.58. The van der Waals surface area contributed by atoms with Crippen LogP contribution in [0.2, 0.25) is 0 Å². The van der Waals surface area contributed by atoms with E-state index in [1.54, 1.807) is 18.3 Å². The molecule has 5 heteroatoms. The van der Waals surface area contributed by atoms with Crippen LogP contribution < -0.4 is 11.1 Å². The van der Waals surface area contributed by atoms with Crippen LogP contribution in [0.15, 0.2) is 36.5 Å². The number of H-pyrrole nitrogens is 1. The Kier molecular flexibility index (Phi) is 3.96. The van der Waals surface area contributed by atoms with Gasteiger partial charge in [-0.05, 0) is 30.3 Å². The maximum absolute atomic E-state index is 13.2. The number of aromatic nitrogens is 1. The third-order valence-electron chi connectivity index (χ3n) is 2.40. The van der Waals surface area contributed by atoms with Gasteiger partial charge in [0.05, 0.1) is 17.8 Å². The average Bonchev–Trinajstić information content (AvgIpc) is 2.93. The van der Waals surface area contributed by atoms with Crippen LogP contribution in [0.4, 0.5) is 10.1 Å². The molecule has 0 fully saturated rings. The average molecular weight is 257 g/mol. The fourth-order valence-electron chi connectivity index (χ4n) is 1.54. The lowest BCUT2D eigenvalue weighted by molar-refractivity contribution is 0.102. The van der Waals surface area contributed by atoms with Gasteiger partial charge in [0, 0.05) is 6.20 Å². The van der Waals surface area contributed by atoms with Gasteiger partial charge in [-0.2, -0.15) is 0 Å². The molecule has 0 aliphatic carbocycles. The van der Waals surface area contributed by atoms with Crippen molar-refractivity contribution >= 4 is 11.6 Å². The Morgan fingerprint density at radius 2 is 2.26 bits per heavy atom. The number of halogens is 1. The van der Waals surface area contributed by atoms with E-state index in [9.17, 15) is 9.18 Å². The normalized spacial score (nSPS) is 9.58. The van der Waals surface area contributed by atoms with Gasteiger partial charge in [0.15, 0.2) is 0 Å². The number of carbonyl (C=O) groups excluding carboxylic acids is 1. The minimum absolute atomic E-state index is 0.167. The quantitative estimate of drug-likeness (QED) is 0.717. The molecule has 4 nitrogen and oxygen atoms in total. The van der Waals surface area contributed by atoms with Crippen LogP contribution in [0.3, 0.4) is 0 Å². The SMILES string of the molecule is NCC#Cc1cc(F)ccc1NC(=O)c1ccc[nH]1. The van der Waals surface area contributed by atoms with Crippen molar-refractivity contribution in [2.45, 2.75) is 0 Å². The van der Waals surface area contributed by atoms with Crippen LogP contribution in [0.5, 0.6) is 0 Å². The van der Waals surface area contributed by atoms with Crippen molar-refractivity contribution in [3.63, 3.8) is 0 Å². The van der Waals surface area contributed by atoms with Gasteiger partial charge in [0.2, 0.25) is 0 Å². The second-order valence-electron chi connectivity index (χ2n) is 3.73. The number of amides is 1. The van der Waals surface area contributed by atoms with Gasteiger partial charge in [-0.15, -0.1) is 0 Å². The molecule has 0 bridgehead atoms. The van der Waals surface area contributed by atoms with Crippen LogP contribution in [0.25, 0.3) is 0 Å². The number of hydrogen-bond donors (Lipinski definition) is 3. The van der Waals surface area contributed by atoms with Gasteiger partial charge in [-0.25, -0.2) is 4.39 Å². The van der Waals surface area contributed by atoms with E-state index < -0.39 is 5.82 Å². The monoisotopic (exact) mass is 257 g/mol. The second kappa shape index (κ2) is 5.85. The number of aromatic amines is 1. The number of nitrogens with two attached hydrogens (primary N) is 1. The van der Waals surface area contributed by atoms with Crippen molar-refractivity contribution in [2.75, 3.05) is 11.9 Å². The summed E-state index contributed by atoms with van der Waals surface area (Å²) in [6, 6.07) is 7.35. The first-order valence-electron chi connectivity index (χ1n) is 5.64. The lowest BCUT2D eigenvalue weighted by atomic mass is 10.1. The molecule has 4 N–H and O–H groups in total. The van der Waals surface area contributed by atoms with Crippen molar-refractivity contribution in [1.29, 1.82) is 0 Å². The van der Waals surface area contributed by atoms with Gasteiger partial charge >= 0.3 is 0 Å². The van der Waals surface area contributed by atoms with Crippen LogP contribution in [-0.4, -0.2) is 17.4 Å². The molecule has 1 aromatic carbocycles. The van der Waals surface area contributed by atoms with E-state index in [1.807, 2.05) is 0 Å². The summed E-state index contributed by atoms with van der Waals surface area (Å²) < 4.78 is 13.2. The highest BCUT2D eigenvalue weighted by Gasteiger charge is 2.09. The Morgan fingerprint density at radius 1 is 1.42 bits per heavy atom. The molecule has 0 unspecified atom stereocenters. The fraction of sp³-hybridized carbons (Fsp3) is 0.0714. The van der Waals surface area contributed by atoms with E-state index in [4.69, 9.17) is 5.73 Å². The molecule has 0 spiro atoms. The molecule has 1 heterocycles. The van der Waals surface area contributed by atoms with Gasteiger partial charge < -0.3 is 16.0 Å². The standard InChI is InChI=1S/C14H12FN3O/c15-11-5-6-12(10(9-11)3-1-7-16)18-14(19)13-4-2-8-17-13/h2,4-6,8-9,17H,7,16H2,(H,18,19). The molecular weight excluding hydrogens is 245 g/mol. The Morgan fingerprint density at radius 3 is 2.95 bits per heavy atom. The zero-order valence-corrected chi connectivity index (χ0v) is 10.0. The number of carbonyl (C=O) groups is 1. The molecule has 0 radical (unpaired) electrons. The number of anilines is 1. The van der Waals surface area contributed by atoms with E-state index in [1.165, 1.54) is 18.2 Å². The minimum Gasteiger partial charge on any atom is -0.357 e. The molecule has 19 heavy (non-hydrogen) atoms. The van der Waals surface area contributed by atoms with Crippen molar-refractivity contribution in [3.05, 3.63) is 53.6 Å². The molecule has 0 saturated carbocycles. The predicted octanol–water partition coefficient (Wildman–Crippen LogP) is 1.72. The molecule has 1 aromatic heterocycles. The minimum atomic E-state index is -0.417. The van der Waals surface area contributed by atoms with Crippen molar-refractivity contribution in [2.24, 2.45) is 5.73 Å². The second-order valence-corrected chi connectivity index (χ2v) is 3.73. The fourth-order valence-corrected chi connectivity index (χ4v) is 1.54. The number of hydrogen-bond acceptors (Lipinski definition) is 2. The highest BCUT2D eigenvalue weighted by Crippen LogP contribution is 2.16. The van der Waals surface area contributed by atoms with Crippen LogP contribution in [-0.2, 0) is 0 Å². The van der Waals surface area contributed by atoms with E-state index in [-0.39, 0.29) is 12.5 Å². The predicted molar refractivity (Wildman–Crippen MR) is 71.1 cm³/mol. The van der Waals surface area contributed by atoms with Crippen molar-refractivity contribution in [3.8, 4) is 11.8 Å². The highest BCUT2D eigenvalue weighted by atomic mass is 19.1.